The average molecular weight is 790 g/mol. The van der Waals surface area contributed by atoms with E-state index in [1.807, 2.05) is 149 Å². The van der Waals surface area contributed by atoms with Crippen molar-refractivity contribution in [2.75, 3.05) is 14.2 Å². The van der Waals surface area contributed by atoms with Crippen LogP contribution in [0.5, 0.6) is 34.5 Å². The van der Waals surface area contributed by atoms with Crippen LogP contribution in [-0.2, 0) is 9.84 Å². The van der Waals surface area contributed by atoms with Gasteiger partial charge in [0.05, 0.1) is 29.6 Å². The second kappa shape index (κ2) is 18.9. The lowest BCUT2D eigenvalue weighted by atomic mass is 10.1. The number of sulfone groups is 1. The lowest BCUT2D eigenvalue weighted by Gasteiger charge is -2.12. The molecule has 8 heteroatoms. The summed E-state index contributed by atoms with van der Waals surface area (Å²) in [5, 5.41) is 9.27. The first-order valence-corrected chi connectivity index (χ1v) is 19.7. The topological polar surface area (TPSA) is 94.8 Å². The molecule has 7 aromatic rings. The van der Waals surface area contributed by atoms with Gasteiger partial charge in [0.15, 0.2) is 0 Å². The van der Waals surface area contributed by atoms with Gasteiger partial charge in [-0.15, -0.1) is 0 Å². The summed E-state index contributed by atoms with van der Waals surface area (Å²) in [7, 11) is -0.294. The largest absolute Gasteiger partial charge is 0.497 e. The Labute approximate surface area is 342 Å². The first-order valence-electron chi connectivity index (χ1n) is 18.3. The molecule has 0 amide bonds. The summed E-state index contributed by atoms with van der Waals surface area (Å²) in [5.41, 5.74) is 8.58. The number of hydrogen-bond donors (Lipinski definition) is 0. The molecule has 0 bridgehead atoms. The van der Waals surface area contributed by atoms with Gasteiger partial charge in [-0.05, 0) is 157 Å². The van der Waals surface area contributed by atoms with Crippen molar-refractivity contribution >= 4 is 9.84 Å². The molecule has 294 valence electrons. The lowest BCUT2D eigenvalue weighted by Crippen LogP contribution is -2.03. The van der Waals surface area contributed by atoms with Crippen molar-refractivity contribution in [1.29, 1.82) is 5.26 Å². The van der Waals surface area contributed by atoms with Crippen LogP contribution in [0, 0.1) is 39.0 Å². The number of nitrogens with zero attached hydrogens (tertiary/aromatic N) is 1. The second-order valence-electron chi connectivity index (χ2n) is 13.4. The van der Waals surface area contributed by atoms with E-state index >= 15 is 0 Å². The Balaban J connectivity index is 0.000000228. The molecule has 0 atom stereocenters. The highest BCUT2D eigenvalue weighted by molar-refractivity contribution is 7.91. The van der Waals surface area contributed by atoms with E-state index in [9.17, 15) is 13.7 Å². The Kier molecular flexibility index (Phi) is 13.8. The molecule has 0 unspecified atom stereocenters. The fourth-order valence-corrected chi connectivity index (χ4v) is 7.47. The summed E-state index contributed by atoms with van der Waals surface area (Å²) in [6.45, 7) is 7.63. The first kappa shape index (κ1) is 42.3. The van der Waals surface area contributed by atoms with Crippen LogP contribution in [0.25, 0.3) is 22.3 Å². The van der Waals surface area contributed by atoms with Crippen LogP contribution in [0.3, 0.4) is 0 Å². The third-order valence-electron chi connectivity index (χ3n) is 9.60. The molecule has 0 N–H and O–H groups in total. The lowest BCUT2D eigenvalue weighted by molar-refractivity contribution is 0.415. The Hall–Kier alpha value is -6.82. The average Bonchev–Trinajstić information content (AvgIpc) is 3.23. The molecule has 0 aliphatic heterocycles. The van der Waals surface area contributed by atoms with Gasteiger partial charge >= 0.3 is 0 Å². The summed E-state index contributed by atoms with van der Waals surface area (Å²) in [6.07, 6.45) is 0. The van der Waals surface area contributed by atoms with Gasteiger partial charge in [0.25, 0.3) is 0 Å². The third kappa shape index (κ3) is 9.94. The van der Waals surface area contributed by atoms with Crippen LogP contribution in [0.1, 0.15) is 35.2 Å². The van der Waals surface area contributed by atoms with E-state index in [1.54, 1.807) is 44.6 Å². The van der Waals surface area contributed by atoms with Gasteiger partial charge in [-0.25, -0.2) is 8.42 Å². The van der Waals surface area contributed by atoms with Crippen molar-refractivity contribution in [1.82, 2.24) is 0 Å². The molecular formula is C50H47NO6S. The molecule has 58 heavy (non-hydrogen) atoms. The minimum absolute atomic E-state index is 0. The molecule has 0 fully saturated rings. The van der Waals surface area contributed by atoms with E-state index in [2.05, 4.69) is 6.07 Å². The van der Waals surface area contributed by atoms with Crippen molar-refractivity contribution in [2.45, 2.75) is 44.9 Å². The second-order valence-corrected chi connectivity index (χ2v) is 15.4. The quantitative estimate of drug-likeness (QED) is 0.136. The number of methoxy groups -OCH3 is 2. The molecular weight excluding hydrogens is 743 g/mol. The molecule has 7 rings (SSSR count). The van der Waals surface area contributed by atoms with Crippen molar-refractivity contribution in [3.05, 3.63) is 179 Å². The van der Waals surface area contributed by atoms with Crippen LogP contribution in [0.15, 0.2) is 161 Å². The molecule has 7 aromatic carbocycles. The molecule has 0 aliphatic carbocycles. The molecule has 0 radical (unpaired) electrons. The van der Waals surface area contributed by atoms with Gasteiger partial charge in [-0.2, -0.15) is 5.26 Å². The smallest absolute Gasteiger partial charge is 0.206 e. The molecule has 0 aromatic heterocycles. The van der Waals surface area contributed by atoms with E-state index in [0.29, 0.717) is 33.5 Å². The Bertz CT molecular complexity index is 2630. The fourth-order valence-electron chi connectivity index (χ4n) is 6.04. The number of nitriles is 1. The SMILES string of the molecule is C.COc1ccc(-c2ccc(Oc3ccc(S(=O)(=O)c4ccc(C)c(C)c4)cc3C)cc2)cc1.COc1ccc(-c2ccc(Oc3cccc(C)c3C#N)cc2)cc1. The predicted octanol–water partition coefficient (Wildman–Crippen LogP) is 12.9. The molecule has 0 saturated heterocycles. The van der Waals surface area contributed by atoms with Crippen molar-refractivity contribution in [3.8, 4) is 62.8 Å². The van der Waals surface area contributed by atoms with Gasteiger partial charge in [-0.3, -0.25) is 0 Å². The highest BCUT2D eigenvalue weighted by Gasteiger charge is 2.19. The van der Waals surface area contributed by atoms with Crippen LogP contribution in [-0.4, -0.2) is 22.6 Å². The summed E-state index contributed by atoms with van der Waals surface area (Å²) < 4.78 is 48.4. The fraction of sp³-hybridized carbons (Fsp3) is 0.140. The summed E-state index contributed by atoms with van der Waals surface area (Å²) in [5.74, 6) is 4.23. The van der Waals surface area contributed by atoms with Gasteiger partial charge in [0.2, 0.25) is 9.84 Å². The monoisotopic (exact) mass is 789 g/mol. The molecule has 7 nitrogen and oxygen atoms in total. The highest BCUT2D eigenvalue weighted by Crippen LogP contribution is 2.33. The maximum absolute atomic E-state index is 13.1. The van der Waals surface area contributed by atoms with Crippen molar-refractivity contribution in [3.63, 3.8) is 0 Å². The molecule has 0 saturated carbocycles. The minimum atomic E-state index is -3.60. The summed E-state index contributed by atoms with van der Waals surface area (Å²) >= 11 is 0. The van der Waals surface area contributed by atoms with Gasteiger partial charge < -0.3 is 18.9 Å². The number of hydrogen-bond acceptors (Lipinski definition) is 7. The third-order valence-corrected chi connectivity index (χ3v) is 11.4. The summed E-state index contributed by atoms with van der Waals surface area (Å²) in [6, 6.07) is 49.3. The van der Waals surface area contributed by atoms with E-state index in [4.69, 9.17) is 18.9 Å². The maximum Gasteiger partial charge on any atom is 0.206 e. The number of rotatable bonds is 10. The Morgan fingerprint density at radius 1 is 0.448 bits per heavy atom. The van der Waals surface area contributed by atoms with Gasteiger partial charge in [0.1, 0.15) is 40.6 Å². The molecule has 0 spiro atoms. The Morgan fingerprint density at radius 3 is 1.28 bits per heavy atom. The number of aryl methyl sites for hydroxylation is 4. The maximum atomic E-state index is 13.1. The zero-order valence-electron chi connectivity index (χ0n) is 32.7. The van der Waals surface area contributed by atoms with Gasteiger partial charge in [-0.1, -0.05) is 74.2 Å². The van der Waals surface area contributed by atoms with E-state index in [0.717, 1.165) is 56.0 Å². The highest BCUT2D eigenvalue weighted by atomic mass is 32.2. The van der Waals surface area contributed by atoms with Crippen LogP contribution in [0.2, 0.25) is 0 Å². The van der Waals surface area contributed by atoms with E-state index in [1.165, 1.54) is 0 Å². The van der Waals surface area contributed by atoms with Crippen LogP contribution >= 0.6 is 0 Å². The minimum Gasteiger partial charge on any atom is -0.497 e. The van der Waals surface area contributed by atoms with E-state index in [-0.39, 0.29) is 12.3 Å². The molecule has 0 aliphatic rings. The van der Waals surface area contributed by atoms with Crippen molar-refractivity contribution < 1.29 is 27.4 Å². The summed E-state index contributed by atoms with van der Waals surface area (Å²) in [4.78, 5) is 0.554. The first-order chi connectivity index (χ1) is 27.5. The van der Waals surface area contributed by atoms with Gasteiger partial charge in [0, 0.05) is 0 Å². The predicted molar refractivity (Wildman–Crippen MR) is 232 cm³/mol. The van der Waals surface area contributed by atoms with Crippen molar-refractivity contribution in [2.24, 2.45) is 0 Å². The van der Waals surface area contributed by atoms with Crippen LogP contribution < -0.4 is 18.9 Å². The zero-order chi connectivity index (χ0) is 40.5. The standard InChI is InChI=1S/C28H26O4S.C21H17NO2.CH4/c1-19-5-14-26(17-20(19)2)33(29,30)27-15-16-28(21(3)18-27)32-25-12-8-23(9-13-25)22-6-10-24(31-4)11-7-22;1-15-4-3-5-21(20(15)14-22)24-19-12-8-17(9-13-19)16-6-10-18(23-2)11-7-16;/h5-18H,1-4H3;3-13H,1-2H3;1H4. The number of benzene rings is 7. The van der Waals surface area contributed by atoms with Crippen LogP contribution in [0.4, 0.5) is 0 Å². The zero-order valence-corrected chi connectivity index (χ0v) is 33.6. The molecule has 0 heterocycles. The van der Waals surface area contributed by atoms with E-state index < -0.39 is 9.84 Å². The normalized spacial score (nSPS) is 10.6. The number of ether oxygens (including phenoxy) is 4. The Morgan fingerprint density at radius 2 is 0.862 bits per heavy atom.